The van der Waals surface area contributed by atoms with E-state index in [-0.39, 0.29) is 5.60 Å². The molecule has 2 fully saturated rings. The van der Waals surface area contributed by atoms with Gasteiger partial charge in [-0.05, 0) is 43.2 Å². The monoisotopic (exact) mass is 339 g/mol. The lowest BCUT2D eigenvalue weighted by molar-refractivity contribution is -0.146. The number of rotatable bonds is 6. The molecule has 5 heteroatoms. The van der Waals surface area contributed by atoms with Crippen LogP contribution in [0.25, 0.3) is 0 Å². The van der Waals surface area contributed by atoms with Crippen molar-refractivity contribution in [2.45, 2.75) is 32.1 Å². The van der Waals surface area contributed by atoms with Gasteiger partial charge in [-0.3, -0.25) is 14.9 Å². The van der Waals surface area contributed by atoms with Crippen LogP contribution < -0.4 is 0 Å². The fraction of sp³-hybridized carbons (Fsp3) is 0.500. The number of hydrogen-bond donors (Lipinski definition) is 0. The first-order chi connectivity index (χ1) is 12.2. The van der Waals surface area contributed by atoms with Crippen LogP contribution in [0.1, 0.15) is 23.4 Å². The first-order valence-electron chi connectivity index (χ1n) is 8.99. The topological polar surface area (TPSA) is 47.5 Å². The van der Waals surface area contributed by atoms with Crippen LogP contribution in [0, 0.1) is 12.8 Å². The maximum Gasteiger partial charge on any atom is 0.0985 e. The van der Waals surface area contributed by atoms with E-state index in [1.807, 2.05) is 37.5 Å². The maximum atomic E-state index is 6.13. The molecule has 4 rings (SSSR count). The predicted octanol–water partition coefficient (Wildman–Crippen LogP) is 2.59. The molecule has 0 N–H and O–H groups in total. The van der Waals surface area contributed by atoms with Crippen molar-refractivity contribution >= 4 is 0 Å². The van der Waals surface area contributed by atoms with E-state index in [4.69, 9.17) is 9.47 Å². The zero-order valence-electron chi connectivity index (χ0n) is 14.7. The van der Waals surface area contributed by atoms with Gasteiger partial charge in [0.15, 0.2) is 0 Å². The van der Waals surface area contributed by atoms with E-state index >= 15 is 0 Å². The van der Waals surface area contributed by atoms with Crippen molar-refractivity contribution < 1.29 is 9.47 Å². The van der Waals surface area contributed by atoms with Gasteiger partial charge in [-0.25, -0.2) is 0 Å². The summed E-state index contributed by atoms with van der Waals surface area (Å²) < 4.78 is 12.1. The van der Waals surface area contributed by atoms with Gasteiger partial charge in [-0.1, -0.05) is 6.07 Å². The highest BCUT2D eigenvalue weighted by molar-refractivity contribution is 5.13. The molecule has 5 nitrogen and oxygen atoms in total. The Morgan fingerprint density at radius 2 is 2.08 bits per heavy atom. The molecule has 2 aliphatic heterocycles. The van der Waals surface area contributed by atoms with Crippen molar-refractivity contribution in [1.29, 1.82) is 0 Å². The molecular formula is C20H25N3O2. The summed E-state index contributed by atoms with van der Waals surface area (Å²) in [5, 5.41) is 0. The van der Waals surface area contributed by atoms with Gasteiger partial charge in [-0.15, -0.1) is 0 Å². The van der Waals surface area contributed by atoms with Crippen LogP contribution in [0.4, 0.5) is 0 Å². The summed E-state index contributed by atoms with van der Waals surface area (Å²) in [7, 11) is 0. The highest BCUT2D eigenvalue weighted by Crippen LogP contribution is 2.40. The second kappa shape index (κ2) is 7.20. The van der Waals surface area contributed by atoms with Crippen LogP contribution in [0.15, 0.2) is 42.7 Å². The summed E-state index contributed by atoms with van der Waals surface area (Å²) in [6.45, 7) is 7.15. The largest absolute Gasteiger partial charge is 0.376 e. The minimum Gasteiger partial charge on any atom is -0.376 e. The smallest absolute Gasteiger partial charge is 0.0985 e. The predicted molar refractivity (Wildman–Crippen MR) is 94.9 cm³/mol. The van der Waals surface area contributed by atoms with E-state index < -0.39 is 0 Å². The first kappa shape index (κ1) is 16.6. The second-order valence-electron chi connectivity index (χ2n) is 7.18. The van der Waals surface area contributed by atoms with Gasteiger partial charge < -0.3 is 9.47 Å². The minimum atomic E-state index is -0.0118. The third-order valence-electron chi connectivity index (χ3n) is 5.25. The maximum absolute atomic E-state index is 6.13. The minimum absolute atomic E-state index is 0.0118. The Morgan fingerprint density at radius 1 is 1.24 bits per heavy atom. The fourth-order valence-electron chi connectivity index (χ4n) is 3.91. The standard InChI is InChI=1S/C20H25N3O2/c1-16-3-2-4-19(22-16)11-23-14-20(15-23)18(7-10-25-20)13-24-12-17-5-8-21-9-6-17/h2-6,8-9,18H,7,10-15H2,1H3/t18-/m1/s1. The number of aromatic nitrogens is 2. The lowest BCUT2D eigenvalue weighted by Crippen LogP contribution is -2.64. The van der Waals surface area contributed by atoms with Gasteiger partial charge in [-0.2, -0.15) is 0 Å². The number of pyridine rings is 2. The van der Waals surface area contributed by atoms with Crippen LogP contribution in [0.5, 0.6) is 0 Å². The first-order valence-corrected chi connectivity index (χ1v) is 8.99. The molecule has 132 valence electrons. The average molecular weight is 339 g/mol. The third kappa shape index (κ3) is 3.73. The molecule has 2 aromatic rings. The van der Waals surface area contributed by atoms with E-state index in [9.17, 15) is 0 Å². The Balaban J connectivity index is 1.27. The van der Waals surface area contributed by atoms with Crippen molar-refractivity contribution in [2.75, 3.05) is 26.3 Å². The fourth-order valence-corrected chi connectivity index (χ4v) is 3.91. The van der Waals surface area contributed by atoms with Crippen LogP contribution in [0.2, 0.25) is 0 Å². The number of likely N-dealkylation sites (tertiary alicyclic amines) is 1. The van der Waals surface area contributed by atoms with Gasteiger partial charge in [0.25, 0.3) is 0 Å². The van der Waals surface area contributed by atoms with Crippen molar-refractivity contribution in [2.24, 2.45) is 5.92 Å². The average Bonchev–Trinajstić information content (AvgIpc) is 2.99. The van der Waals surface area contributed by atoms with Gasteiger partial charge in [0, 0.05) is 50.2 Å². The van der Waals surface area contributed by atoms with E-state index in [1.165, 1.54) is 5.56 Å². The van der Waals surface area contributed by atoms with Crippen LogP contribution in [0.3, 0.4) is 0 Å². The molecule has 1 spiro atoms. The summed E-state index contributed by atoms with van der Waals surface area (Å²) in [4.78, 5) is 11.1. The molecule has 0 saturated carbocycles. The lowest BCUT2D eigenvalue weighted by Gasteiger charge is -2.50. The highest BCUT2D eigenvalue weighted by Gasteiger charge is 2.52. The van der Waals surface area contributed by atoms with E-state index in [0.29, 0.717) is 12.5 Å². The Labute approximate surface area is 149 Å². The summed E-state index contributed by atoms with van der Waals surface area (Å²) in [6, 6.07) is 10.2. The molecule has 0 bridgehead atoms. The quantitative estimate of drug-likeness (QED) is 0.810. The molecule has 2 saturated heterocycles. The molecule has 4 heterocycles. The highest BCUT2D eigenvalue weighted by atomic mass is 16.5. The molecule has 0 unspecified atom stereocenters. The van der Waals surface area contributed by atoms with Crippen molar-refractivity contribution in [3.63, 3.8) is 0 Å². The van der Waals surface area contributed by atoms with Crippen molar-refractivity contribution in [3.8, 4) is 0 Å². The Hall–Kier alpha value is -1.82. The molecule has 1 atom stereocenters. The lowest BCUT2D eigenvalue weighted by atomic mass is 9.81. The molecule has 0 radical (unpaired) electrons. The normalized spacial score (nSPS) is 22.2. The molecule has 25 heavy (non-hydrogen) atoms. The Morgan fingerprint density at radius 3 is 2.88 bits per heavy atom. The van der Waals surface area contributed by atoms with E-state index in [2.05, 4.69) is 27.0 Å². The summed E-state index contributed by atoms with van der Waals surface area (Å²) in [6.07, 6.45) is 4.71. The van der Waals surface area contributed by atoms with Crippen LogP contribution in [-0.4, -0.2) is 46.8 Å². The summed E-state index contributed by atoms with van der Waals surface area (Å²) >= 11 is 0. The van der Waals surface area contributed by atoms with Crippen molar-refractivity contribution in [3.05, 3.63) is 59.7 Å². The van der Waals surface area contributed by atoms with Gasteiger partial charge >= 0.3 is 0 Å². The number of nitrogens with zero attached hydrogens (tertiary/aromatic N) is 3. The molecule has 2 aliphatic rings. The van der Waals surface area contributed by atoms with Crippen molar-refractivity contribution in [1.82, 2.24) is 14.9 Å². The molecule has 0 aliphatic carbocycles. The van der Waals surface area contributed by atoms with E-state index in [0.717, 1.165) is 50.7 Å². The zero-order chi connectivity index (χ0) is 17.1. The Bertz CT molecular complexity index is 701. The number of hydrogen-bond acceptors (Lipinski definition) is 5. The Kier molecular flexibility index (Phi) is 4.79. The number of aryl methyl sites for hydroxylation is 1. The molecular weight excluding hydrogens is 314 g/mol. The van der Waals surface area contributed by atoms with Gasteiger partial charge in [0.1, 0.15) is 0 Å². The molecule has 0 aromatic carbocycles. The summed E-state index contributed by atoms with van der Waals surface area (Å²) in [5.74, 6) is 0.482. The molecule has 2 aromatic heterocycles. The van der Waals surface area contributed by atoms with Gasteiger partial charge in [0.05, 0.1) is 24.5 Å². The third-order valence-corrected chi connectivity index (χ3v) is 5.25. The second-order valence-corrected chi connectivity index (χ2v) is 7.18. The number of ether oxygens (including phenoxy) is 2. The van der Waals surface area contributed by atoms with Gasteiger partial charge in [0.2, 0.25) is 0 Å². The van der Waals surface area contributed by atoms with E-state index in [1.54, 1.807) is 0 Å². The SMILES string of the molecule is Cc1cccc(CN2CC3(C2)OCC[C@@H]3COCc2ccncc2)n1. The van der Waals surface area contributed by atoms with Crippen LogP contribution in [-0.2, 0) is 22.6 Å². The zero-order valence-corrected chi connectivity index (χ0v) is 14.7. The summed E-state index contributed by atoms with van der Waals surface area (Å²) in [5.41, 5.74) is 3.37. The van der Waals surface area contributed by atoms with Crippen LogP contribution >= 0.6 is 0 Å². The molecule has 0 amide bonds.